The van der Waals surface area contributed by atoms with Crippen LogP contribution in [-0.4, -0.2) is 35.2 Å². The van der Waals surface area contributed by atoms with Crippen molar-refractivity contribution in [2.24, 2.45) is 5.92 Å². The molecule has 1 atom stereocenters. The van der Waals surface area contributed by atoms with Gasteiger partial charge in [-0.2, -0.15) is 0 Å². The Balaban J connectivity index is 1.61. The molecule has 0 aromatic heterocycles. The van der Waals surface area contributed by atoms with Gasteiger partial charge in [0.05, 0.1) is 5.92 Å². The maximum Gasteiger partial charge on any atom is 0.228 e. The molecule has 26 heavy (non-hydrogen) atoms. The Morgan fingerprint density at radius 1 is 1.19 bits per heavy atom. The number of likely N-dealkylation sites (tertiary alicyclic amines) is 1. The molecule has 0 radical (unpaired) electrons. The summed E-state index contributed by atoms with van der Waals surface area (Å²) >= 11 is 0. The van der Waals surface area contributed by atoms with E-state index in [2.05, 4.69) is 0 Å². The summed E-state index contributed by atoms with van der Waals surface area (Å²) in [6.07, 6.45) is 0.215. The molecule has 3 rings (SSSR count). The third kappa shape index (κ3) is 4.10. The second-order valence-electron chi connectivity index (χ2n) is 6.95. The van der Waals surface area contributed by atoms with Crippen LogP contribution in [0, 0.1) is 18.7 Å². The van der Waals surface area contributed by atoms with E-state index in [4.69, 9.17) is 0 Å². The van der Waals surface area contributed by atoms with E-state index in [-0.39, 0.29) is 36.5 Å². The van der Waals surface area contributed by atoms with Crippen LogP contribution in [0.3, 0.4) is 0 Å². The molecule has 2 amide bonds. The maximum absolute atomic E-state index is 13.8. The van der Waals surface area contributed by atoms with Crippen LogP contribution >= 0.6 is 0 Å². The molecule has 1 aliphatic heterocycles. The molecule has 1 aliphatic rings. The first-order chi connectivity index (χ1) is 12.4. The van der Waals surface area contributed by atoms with Gasteiger partial charge in [0.2, 0.25) is 11.8 Å². The average molecular weight is 354 g/mol. The second-order valence-corrected chi connectivity index (χ2v) is 6.95. The van der Waals surface area contributed by atoms with Crippen LogP contribution in [0.2, 0.25) is 0 Å². The molecule has 2 aromatic rings. The van der Waals surface area contributed by atoms with Gasteiger partial charge in [-0.3, -0.25) is 9.59 Å². The first kappa shape index (κ1) is 18.1. The highest BCUT2D eigenvalue weighted by molar-refractivity contribution is 5.89. The van der Waals surface area contributed by atoms with Gasteiger partial charge in [-0.15, -0.1) is 0 Å². The molecule has 2 aromatic carbocycles. The van der Waals surface area contributed by atoms with E-state index >= 15 is 0 Å². The molecular weight excluding hydrogens is 331 g/mol. The number of rotatable bonds is 5. The minimum atomic E-state index is -0.371. The van der Waals surface area contributed by atoms with Crippen LogP contribution in [-0.2, 0) is 22.7 Å². The van der Waals surface area contributed by atoms with Gasteiger partial charge < -0.3 is 9.80 Å². The van der Waals surface area contributed by atoms with E-state index in [0.717, 1.165) is 5.56 Å². The molecule has 0 aliphatic carbocycles. The Morgan fingerprint density at radius 2 is 1.88 bits per heavy atom. The van der Waals surface area contributed by atoms with Crippen molar-refractivity contribution in [3.63, 3.8) is 0 Å². The van der Waals surface area contributed by atoms with Gasteiger partial charge in [0, 0.05) is 38.7 Å². The summed E-state index contributed by atoms with van der Waals surface area (Å²) in [7, 11) is 1.65. The summed E-state index contributed by atoms with van der Waals surface area (Å²) in [4.78, 5) is 28.2. The van der Waals surface area contributed by atoms with Gasteiger partial charge in [0.15, 0.2) is 0 Å². The van der Waals surface area contributed by atoms with Crippen LogP contribution in [0.1, 0.15) is 23.1 Å². The third-order valence-electron chi connectivity index (χ3n) is 4.80. The monoisotopic (exact) mass is 354 g/mol. The highest BCUT2D eigenvalue weighted by Gasteiger charge is 2.35. The molecule has 0 N–H and O–H groups in total. The van der Waals surface area contributed by atoms with Crippen molar-refractivity contribution < 1.29 is 14.0 Å². The zero-order valence-corrected chi connectivity index (χ0v) is 15.1. The number of benzene rings is 2. The fourth-order valence-corrected chi connectivity index (χ4v) is 3.28. The summed E-state index contributed by atoms with van der Waals surface area (Å²) in [5, 5.41) is 0. The molecule has 0 saturated carbocycles. The summed E-state index contributed by atoms with van der Waals surface area (Å²) in [6, 6.07) is 14.5. The minimum Gasteiger partial charge on any atom is -0.341 e. The first-order valence-electron chi connectivity index (χ1n) is 8.75. The topological polar surface area (TPSA) is 40.6 Å². The average Bonchev–Trinajstić information content (AvgIpc) is 2.99. The number of hydrogen-bond acceptors (Lipinski definition) is 2. The fraction of sp³-hybridized carbons (Fsp3) is 0.333. The highest BCUT2D eigenvalue weighted by atomic mass is 19.1. The number of amides is 2. The molecule has 0 bridgehead atoms. The number of aryl methyl sites for hydroxylation is 1. The summed E-state index contributed by atoms with van der Waals surface area (Å²) in [5.74, 6) is -0.823. The summed E-state index contributed by atoms with van der Waals surface area (Å²) in [5.41, 5.74) is 2.70. The number of halogens is 1. The lowest BCUT2D eigenvalue weighted by molar-refractivity contribution is -0.135. The predicted molar refractivity (Wildman–Crippen MR) is 97.6 cm³/mol. The van der Waals surface area contributed by atoms with Crippen molar-refractivity contribution in [3.8, 4) is 0 Å². The Morgan fingerprint density at radius 3 is 2.58 bits per heavy atom. The lowest BCUT2D eigenvalue weighted by atomic mass is 10.1. The van der Waals surface area contributed by atoms with Gasteiger partial charge in [0.25, 0.3) is 0 Å². The fourth-order valence-electron chi connectivity index (χ4n) is 3.28. The van der Waals surface area contributed by atoms with Crippen molar-refractivity contribution in [1.82, 2.24) is 9.80 Å². The smallest absolute Gasteiger partial charge is 0.228 e. The Labute approximate surface area is 153 Å². The van der Waals surface area contributed by atoms with Crippen LogP contribution in [0.5, 0.6) is 0 Å². The van der Waals surface area contributed by atoms with Gasteiger partial charge in [0.1, 0.15) is 5.82 Å². The molecular formula is C21H23FN2O2. The van der Waals surface area contributed by atoms with Crippen molar-refractivity contribution in [1.29, 1.82) is 0 Å². The molecule has 5 heteroatoms. The van der Waals surface area contributed by atoms with Gasteiger partial charge in [-0.1, -0.05) is 48.0 Å². The van der Waals surface area contributed by atoms with Crippen LogP contribution < -0.4 is 0 Å². The molecule has 136 valence electrons. The zero-order chi connectivity index (χ0) is 18.7. The van der Waals surface area contributed by atoms with Crippen molar-refractivity contribution >= 4 is 11.8 Å². The first-order valence-corrected chi connectivity index (χ1v) is 8.75. The lowest BCUT2D eigenvalue weighted by Gasteiger charge is -2.22. The normalized spacial score (nSPS) is 16.8. The minimum absolute atomic E-state index is 0.0109. The van der Waals surface area contributed by atoms with Crippen molar-refractivity contribution in [2.75, 3.05) is 13.6 Å². The van der Waals surface area contributed by atoms with Crippen LogP contribution in [0.15, 0.2) is 48.5 Å². The quantitative estimate of drug-likeness (QED) is 0.828. The largest absolute Gasteiger partial charge is 0.341 e. The van der Waals surface area contributed by atoms with Crippen molar-refractivity contribution in [3.05, 3.63) is 71.0 Å². The summed E-state index contributed by atoms with van der Waals surface area (Å²) < 4.78 is 13.8. The Bertz CT molecular complexity index is 804. The van der Waals surface area contributed by atoms with Gasteiger partial charge in [-0.05, 0) is 18.6 Å². The van der Waals surface area contributed by atoms with E-state index in [1.54, 1.807) is 30.1 Å². The van der Waals surface area contributed by atoms with Crippen LogP contribution in [0.25, 0.3) is 0 Å². The number of carbonyl (C=O) groups excluding carboxylic acids is 2. The SMILES string of the molecule is Cc1ccc(CN2CC(C(=O)N(C)Cc3ccccc3F)CC2=O)cc1. The second kappa shape index (κ2) is 7.68. The Kier molecular flexibility index (Phi) is 5.35. The third-order valence-corrected chi connectivity index (χ3v) is 4.80. The zero-order valence-electron chi connectivity index (χ0n) is 15.1. The lowest BCUT2D eigenvalue weighted by Crippen LogP contribution is -2.34. The van der Waals surface area contributed by atoms with E-state index in [0.29, 0.717) is 18.7 Å². The molecule has 4 nitrogen and oxygen atoms in total. The number of hydrogen-bond donors (Lipinski definition) is 0. The van der Waals surface area contributed by atoms with Gasteiger partial charge >= 0.3 is 0 Å². The molecule has 1 saturated heterocycles. The van der Waals surface area contributed by atoms with E-state index in [1.165, 1.54) is 16.5 Å². The number of nitrogens with zero attached hydrogens (tertiary/aromatic N) is 2. The van der Waals surface area contributed by atoms with E-state index in [9.17, 15) is 14.0 Å². The molecule has 1 fully saturated rings. The highest BCUT2D eigenvalue weighted by Crippen LogP contribution is 2.23. The van der Waals surface area contributed by atoms with E-state index in [1.807, 2.05) is 31.2 Å². The Hall–Kier alpha value is -2.69. The standard InChI is InChI=1S/C21H23FN2O2/c1-15-7-9-16(10-8-15)12-24-14-18(11-20(24)25)21(26)23(2)13-17-5-3-4-6-19(17)22/h3-10,18H,11-14H2,1-2H3. The summed E-state index contributed by atoms with van der Waals surface area (Å²) in [6.45, 7) is 3.14. The van der Waals surface area contributed by atoms with E-state index < -0.39 is 0 Å². The molecule has 0 spiro atoms. The van der Waals surface area contributed by atoms with Crippen LogP contribution in [0.4, 0.5) is 4.39 Å². The predicted octanol–water partition coefficient (Wildman–Crippen LogP) is 3.14. The molecule has 1 heterocycles. The van der Waals surface area contributed by atoms with Crippen molar-refractivity contribution in [2.45, 2.75) is 26.4 Å². The number of carbonyl (C=O) groups is 2. The van der Waals surface area contributed by atoms with Gasteiger partial charge in [-0.25, -0.2) is 4.39 Å². The maximum atomic E-state index is 13.8. The molecule has 1 unspecified atom stereocenters.